The van der Waals surface area contributed by atoms with Gasteiger partial charge in [-0.1, -0.05) is 42.5 Å². The van der Waals surface area contributed by atoms with Gasteiger partial charge >= 0.3 is 0 Å². The summed E-state index contributed by atoms with van der Waals surface area (Å²) in [7, 11) is -1.37. The van der Waals surface area contributed by atoms with Crippen LogP contribution in [0.4, 0.5) is 10.1 Å². The number of anilines is 1. The number of carbonyl (C=O) groups excluding carboxylic acids is 1. The molecule has 1 aliphatic heterocycles. The molecule has 1 saturated heterocycles. The summed E-state index contributed by atoms with van der Waals surface area (Å²) < 4.78 is 26.4. The quantitative estimate of drug-likeness (QED) is 0.627. The summed E-state index contributed by atoms with van der Waals surface area (Å²) in [5, 5.41) is 8.92. The fourth-order valence-corrected chi connectivity index (χ4v) is 5.19. The second kappa shape index (κ2) is 8.17. The van der Waals surface area contributed by atoms with Crippen LogP contribution in [-0.2, 0) is 22.0 Å². The Bertz CT molecular complexity index is 1020. The van der Waals surface area contributed by atoms with Gasteiger partial charge in [0.15, 0.2) is 0 Å². The molecule has 1 fully saturated rings. The van der Waals surface area contributed by atoms with Gasteiger partial charge in [-0.3, -0.25) is 9.00 Å². The lowest BCUT2D eigenvalue weighted by Gasteiger charge is -2.46. The third-order valence-corrected chi connectivity index (χ3v) is 6.74. The van der Waals surface area contributed by atoms with E-state index in [1.54, 1.807) is 41.3 Å². The first-order valence-corrected chi connectivity index (χ1v) is 10.7. The van der Waals surface area contributed by atoms with Crippen molar-refractivity contribution in [3.05, 3.63) is 95.8 Å². The normalized spacial score (nSPS) is 19.6. The van der Waals surface area contributed by atoms with Crippen LogP contribution in [0.25, 0.3) is 0 Å². The van der Waals surface area contributed by atoms with Crippen molar-refractivity contribution >= 4 is 22.4 Å². The summed E-state index contributed by atoms with van der Waals surface area (Å²) in [5.41, 5.74) is 2.42. The van der Waals surface area contributed by atoms with Crippen LogP contribution in [0.2, 0.25) is 0 Å². The Morgan fingerprint density at radius 2 is 1.59 bits per heavy atom. The molecule has 0 unspecified atom stereocenters. The molecule has 1 aliphatic rings. The number of halogens is 1. The van der Waals surface area contributed by atoms with E-state index >= 15 is 0 Å². The molecule has 3 aromatic carbocycles. The van der Waals surface area contributed by atoms with Gasteiger partial charge in [-0.15, -0.1) is 0 Å². The van der Waals surface area contributed by atoms with Gasteiger partial charge in [-0.25, -0.2) is 4.39 Å². The predicted molar refractivity (Wildman–Crippen MR) is 112 cm³/mol. The summed E-state index contributed by atoms with van der Waals surface area (Å²) in [6.07, 6.45) is 0.621. The van der Waals surface area contributed by atoms with Crippen LogP contribution in [0.1, 0.15) is 17.2 Å². The number of hydrogen-bond acceptors (Lipinski definition) is 3. The molecular weight excluding hydrogens is 389 g/mol. The van der Waals surface area contributed by atoms with Crippen LogP contribution >= 0.6 is 0 Å². The van der Waals surface area contributed by atoms with Crippen molar-refractivity contribution in [2.45, 2.75) is 17.7 Å². The van der Waals surface area contributed by atoms with E-state index in [0.717, 1.165) is 11.1 Å². The highest BCUT2D eigenvalue weighted by Gasteiger charge is 2.52. The van der Waals surface area contributed by atoms with Gasteiger partial charge in [0.05, 0.1) is 6.04 Å². The molecule has 29 heavy (non-hydrogen) atoms. The number of aromatic hydroxyl groups is 1. The molecule has 0 aliphatic carbocycles. The minimum atomic E-state index is -1.37. The van der Waals surface area contributed by atoms with Gasteiger partial charge in [-0.05, 0) is 53.9 Å². The smallest absolute Gasteiger partial charge is 0.245 e. The van der Waals surface area contributed by atoms with E-state index in [2.05, 4.69) is 0 Å². The van der Waals surface area contributed by atoms with Gasteiger partial charge in [-0.2, -0.15) is 0 Å². The van der Waals surface area contributed by atoms with Gasteiger partial charge < -0.3 is 10.0 Å². The number of amides is 1. The van der Waals surface area contributed by atoms with E-state index < -0.39 is 22.1 Å². The lowest BCUT2D eigenvalue weighted by Crippen LogP contribution is -2.61. The van der Waals surface area contributed by atoms with Crippen molar-refractivity contribution in [3.63, 3.8) is 0 Å². The summed E-state index contributed by atoms with van der Waals surface area (Å²) in [6, 6.07) is 21.6. The topological polar surface area (TPSA) is 57.6 Å². The van der Waals surface area contributed by atoms with Crippen LogP contribution in [0.3, 0.4) is 0 Å². The number of phenols is 1. The zero-order valence-electron chi connectivity index (χ0n) is 15.6. The van der Waals surface area contributed by atoms with Crippen LogP contribution < -0.4 is 4.90 Å². The van der Waals surface area contributed by atoms with Crippen molar-refractivity contribution in [1.82, 2.24) is 0 Å². The van der Waals surface area contributed by atoms with E-state index in [1.807, 2.05) is 30.3 Å². The second-order valence-electron chi connectivity index (χ2n) is 6.96. The molecule has 3 atom stereocenters. The minimum absolute atomic E-state index is 0.120. The number of benzene rings is 3. The molecule has 1 amide bonds. The first-order chi connectivity index (χ1) is 14.0. The monoisotopic (exact) mass is 409 g/mol. The number of nitrogens with zero attached hydrogens (tertiary/aromatic N) is 1. The van der Waals surface area contributed by atoms with Gasteiger partial charge in [0.2, 0.25) is 5.91 Å². The molecule has 3 aromatic rings. The zero-order valence-corrected chi connectivity index (χ0v) is 16.4. The molecule has 0 spiro atoms. The number of carbonyl (C=O) groups is 1. The van der Waals surface area contributed by atoms with Crippen molar-refractivity contribution in [2.24, 2.45) is 0 Å². The summed E-state index contributed by atoms with van der Waals surface area (Å²) in [6.45, 7) is 0. The lowest BCUT2D eigenvalue weighted by atomic mass is 9.92. The largest absolute Gasteiger partial charge is 0.508 e. The van der Waals surface area contributed by atoms with Crippen molar-refractivity contribution in [2.75, 3.05) is 10.7 Å². The van der Waals surface area contributed by atoms with Crippen molar-refractivity contribution in [1.29, 1.82) is 0 Å². The zero-order chi connectivity index (χ0) is 20.4. The lowest BCUT2D eigenvalue weighted by molar-refractivity contribution is -0.123. The van der Waals surface area contributed by atoms with Gasteiger partial charge in [0.1, 0.15) is 16.8 Å². The van der Waals surface area contributed by atoms with Crippen molar-refractivity contribution < 1.29 is 18.5 Å². The minimum Gasteiger partial charge on any atom is -0.508 e. The molecule has 4 nitrogen and oxygen atoms in total. The fraction of sp³-hybridized carbons (Fsp3) is 0.174. The average Bonchev–Trinajstić information content (AvgIpc) is 2.73. The molecule has 6 heteroatoms. The number of β-lactam (4-membered cyclic amide) rings is 1. The number of aryl methyl sites for hydroxylation is 1. The molecule has 0 aromatic heterocycles. The predicted octanol–water partition coefficient (Wildman–Crippen LogP) is 3.98. The highest BCUT2D eigenvalue weighted by Crippen LogP contribution is 2.42. The molecule has 0 radical (unpaired) electrons. The van der Waals surface area contributed by atoms with Crippen LogP contribution in [0.15, 0.2) is 78.9 Å². The Balaban J connectivity index is 1.59. The Morgan fingerprint density at radius 1 is 0.931 bits per heavy atom. The Kier molecular flexibility index (Phi) is 5.45. The molecule has 1 heterocycles. The van der Waals surface area contributed by atoms with Crippen molar-refractivity contribution in [3.8, 4) is 5.75 Å². The van der Waals surface area contributed by atoms with E-state index in [-0.39, 0.29) is 17.5 Å². The maximum atomic E-state index is 13.3. The number of hydrogen-bond donors (Lipinski definition) is 1. The third kappa shape index (κ3) is 3.93. The van der Waals surface area contributed by atoms with E-state index in [9.17, 15) is 18.5 Å². The van der Waals surface area contributed by atoms with Gasteiger partial charge in [0.25, 0.3) is 0 Å². The van der Waals surface area contributed by atoms with Gasteiger partial charge in [0, 0.05) is 22.2 Å². The van der Waals surface area contributed by atoms with Crippen LogP contribution in [0, 0.1) is 5.82 Å². The van der Waals surface area contributed by atoms with E-state index in [1.165, 1.54) is 12.1 Å². The summed E-state index contributed by atoms with van der Waals surface area (Å²) in [5.74, 6) is -0.117. The highest BCUT2D eigenvalue weighted by atomic mass is 32.2. The maximum Gasteiger partial charge on any atom is 0.245 e. The highest BCUT2D eigenvalue weighted by molar-refractivity contribution is 7.86. The first-order valence-electron chi connectivity index (χ1n) is 9.33. The second-order valence-corrected chi connectivity index (χ2v) is 8.64. The molecular formula is C23H20FNO3S. The Labute approximate surface area is 171 Å². The fourth-order valence-electron chi connectivity index (χ4n) is 3.59. The molecule has 0 saturated carbocycles. The number of rotatable bonds is 6. The summed E-state index contributed by atoms with van der Waals surface area (Å²) >= 11 is 0. The van der Waals surface area contributed by atoms with E-state index in [0.29, 0.717) is 17.9 Å². The van der Waals surface area contributed by atoms with Crippen LogP contribution in [-0.4, -0.2) is 26.2 Å². The standard InChI is InChI=1S/C23H20FNO3S/c24-18-8-10-19(11-9-18)25-21(17-6-12-20(26)13-7-17)22(23(25)27)29(28)15-14-16-4-2-1-3-5-16/h1-13,21-22,26H,14-15H2/t21-,22+,29+/m1/s1. The molecule has 148 valence electrons. The maximum absolute atomic E-state index is 13.3. The average molecular weight is 409 g/mol. The molecule has 4 rings (SSSR count). The number of phenolic OH excluding ortho intramolecular Hbond substituents is 1. The molecule has 0 bridgehead atoms. The molecule has 1 N–H and O–H groups in total. The Morgan fingerprint density at radius 3 is 2.24 bits per heavy atom. The first kappa shape index (κ1) is 19.3. The SMILES string of the molecule is O=C1[C@@H]([S@@](=O)CCc2ccccc2)[C@@H](c2ccc(O)cc2)N1c1ccc(F)cc1. The van der Waals surface area contributed by atoms with E-state index in [4.69, 9.17) is 0 Å². The Hall–Kier alpha value is -2.99. The van der Waals surface area contributed by atoms with Crippen LogP contribution in [0.5, 0.6) is 5.75 Å². The summed E-state index contributed by atoms with van der Waals surface area (Å²) in [4.78, 5) is 14.5. The third-order valence-electron chi connectivity index (χ3n) is 5.10.